The molecule has 1 aromatic rings. The second-order valence-electron chi connectivity index (χ2n) is 3.15. The van der Waals surface area contributed by atoms with E-state index in [9.17, 15) is 4.79 Å². The van der Waals surface area contributed by atoms with E-state index in [1.54, 1.807) is 6.07 Å². The largest absolute Gasteiger partial charge is 0.464 e. The quantitative estimate of drug-likeness (QED) is 0.449. The van der Waals surface area contributed by atoms with Crippen molar-refractivity contribution >= 4 is 17.4 Å². The first-order valence-corrected chi connectivity index (χ1v) is 4.51. The fourth-order valence-electron chi connectivity index (χ4n) is 1.29. The third-order valence-corrected chi connectivity index (χ3v) is 2.07. The van der Waals surface area contributed by atoms with E-state index < -0.39 is 5.97 Å². The van der Waals surface area contributed by atoms with Crippen LogP contribution in [0.3, 0.4) is 0 Å². The van der Waals surface area contributed by atoms with Crippen LogP contribution in [0.4, 0.5) is 5.69 Å². The van der Waals surface area contributed by atoms with Gasteiger partial charge >= 0.3 is 5.97 Å². The Hall–Kier alpha value is -1.84. The van der Waals surface area contributed by atoms with Gasteiger partial charge in [0.05, 0.1) is 7.11 Å². The summed E-state index contributed by atoms with van der Waals surface area (Å²) in [6, 6.07) is 5.44. The van der Waals surface area contributed by atoms with Gasteiger partial charge in [-0.25, -0.2) is 4.79 Å². The first-order valence-electron chi connectivity index (χ1n) is 4.51. The number of nitrogen functional groups attached to an aromatic ring is 1. The zero-order valence-corrected chi connectivity index (χ0v) is 9.07. The Balaban J connectivity index is 3.24. The molecule has 1 aromatic carbocycles. The zero-order chi connectivity index (χ0) is 11.4. The minimum Gasteiger partial charge on any atom is -0.464 e. The van der Waals surface area contributed by atoms with Gasteiger partial charge < -0.3 is 10.5 Å². The number of anilines is 1. The SMILES string of the molecule is CN=C(C(=O)OC)c1cc(C)ccc1N. The van der Waals surface area contributed by atoms with E-state index in [0.717, 1.165) is 5.56 Å². The minimum absolute atomic E-state index is 0.249. The van der Waals surface area contributed by atoms with Crippen molar-refractivity contribution in [2.45, 2.75) is 6.92 Å². The molecule has 80 valence electrons. The van der Waals surface area contributed by atoms with E-state index in [4.69, 9.17) is 5.73 Å². The lowest BCUT2D eigenvalue weighted by molar-refractivity contribution is -0.132. The Morgan fingerprint density at radius 3 is 2.67 bits per heavy atom. The van der Waals surface area contributed by atoms with Crippen molar-refractivity contribution in [3.63, 3.8) is 0 Å². The number of nitrogens with zero attached hydrogens (tertiary/aromatic N) is 1. The molecule has 2 N–H and O–H groups in total. The van der Waals surface area contributed by atoms with Gasteiger partial charge in [0.1, 0.15) is 0 Å². The van der Waals surface area contributed by atoms with Crippen LogP contribution >= 0.6 is 0 Å². The summed E-state index contributed by atoms with van der Waals surface area (Å²) in [6.45, 7) is 1.92. The van der Waals surface area contributed by atoms with Gasteiger partial charge in [0, 0.05) is 18.3 Å². The number of carbonyl (C=O) groups is 1. The van der Waals surface area contributed by atoms with Gasteiger partial charge in [0.2, 0.25) is 0 Å². The number of rotatable bonds is 2. The van der Waals surface area contributed by atoms with Gasteiger partial charge in [-0.3, -0.25) is 4.99 Å². The van der Waals surface area contributed by atoms with Crippen molar-refractivity contribution in [2.24, 2.45) is 4.99 Å². The molecule has 0 aliphatic carbocycles. The van der Waals surface area contributed by atoms with Crippen LogP contribution in [0.5, 0.6) is 0 Å². The van der Waals surface area contributed by atoms with Crippen molar-refractivity contribution in [3.8, 4) is 0 Å². The molecule has 4 nitrogen and oxygen atoms in total. The molecule has 4 heteroatoms. The molecule has 0 radical (unpaired) electrons. The van der Waals surface area contributed by atoms with Crippen molar-refractivity contribution in [1.29, 1.82) is 0 Å². The summed E-state index contributed by atoms with van der Waals surface area (Å²) in [7, 11) is 2.85. The number of carbonyl (C=O) groups excluding carboxylic acids is 1. The average Bonchev–Trinajstić information content (AvgIpc) is 2.23. The molecule has 0 bridgehead atoms. The molecule has 0 heterocycles. The molecule has 0 aromatic heterocycles. The Kier molecular flexibility index (Phi) is 3.44. The molecule has 1 rings (SSSR count). The highest BCUT2D eigenvalue weighted by atomic mass is 16.5. The maximum Gasteiger partial charge on any atom is 0.356 e. The van der Waals surface area contributed by atoms with Crippen LogP contribution in [0.2, 0.25) is 0 Å². The van der Waals surface area contributed by atoms with Crippen LogP contribution in [-0.2, 0) is 9.53 Å². The number of aryl methyl sites for hydroxylation is 1. The fourth-order valence-corrected chi connectivity index (χ4v) is 1.29. The Bertz CT molecular complexity index is 411. The molecule has 0 atom stereocenters. The number of ether oxygens (including phenoxy) is 1. The van der Waals surface area contributed by atoms with E-state index in [1.807, 2.05) is 19.1 Å². The zero-order valence-electron chi connectivity index (χ0n) is 9.07. The normalized spacial score (nSPS) is 11.3. The van der Waals surface area contributed by atoms with Crippen molar-refractivity contribution in [2.75, 3.05) is 19.9 Å². The molecule has 0 unspecified atom stereocenters. The van der Waals surface area contributed by atoms with Gasteiger partial charge in [-0.05, 0) is 19.1 Å². The van der Waals surface area contributed by atoms with Crippen molar-refractivity contribution in [1.82, 2.24) is 0 Å². The van der Waals surface area contributed by atoms with Gasteiger partial charge in [-0.1, -0.05) is 11.6 Å². The topological polar surface area (TPSA) is 64.7 Å². The number of nitrogens with two attached hydrogens (primary N) is 1. The molecule has 0 fully saturated rings. The summed E-state index contributed by atoms with van der Waals surface area (Å²) in [6.07, 6.45) is 0. The molecular formula is C11H14N2O2. The number of methoxy groups -OCH3 is 1. The Labute approximate surface area is 88.8 Å². The Morgan fingerprint density at radius 1 is 1.47 bits per heavy atom. The van der Waals surface area contributed by atoms with E-state index in [2.05, 4.69) is 9.73 Å². The molecule has 15 heavy (non-hydrogen) atoms. The van der Waals surface area contributed by atoms with Crippen LogP contribution in [0.15, 0.2) is 23.2 Å². The summed E-state index contributed by atoms with van der Waals surface area (Å²) in [5, 5.41) is 0. The Morgan fingerprint density at radius 2 is 2.13 bits per heavy atom. The first-order chi connectivity index (χ1) is 7.10. The average molecular weight is 206 g/mol. The third kappa shape index (κ3) is 2.34. The second kappa shape index (κ2) is 4.59. The fraction of sp³-hybridized carbons (Fsp3) is 0.273. The lowest BCUT2D eigenvalue weighted by atomic mass is 10.1. The van der Waals surface area contributed by atoms with Crippen molar-refractivity contribution in [3.05, 3.63) is 29.3 Å². The van der Waals surface area contributed by atoms with Crippen LogP contribution in [0, 0.1) is 6.92 Å². The summed E-state index contributed by atoms with van der Waals surface area (Å²) < 4.78 is 4.63. The maximum atomic E-state index is 11.4. The summed E-state index contributed by atoms with van der Waals surface area (Å²) in [5.74, 6) is -0.477. The minimum atomic E-state index is -0.477. The first kappa shape index (κ1) is 11.2. The number of aliphatic imine (C=N–C) groups is 1. The van der Waals surface area contributed by atoms with Gasteiger partial charge in [0.15, 0.2) is 5.71 Å². The second-order valence-corrected chi connectivity index (χ2v) is 3.15. The molecule has 0 saturated carbocycles. The number of benzene rings is 1. The van der Waals surface area contributed by atoms with E-state index >= 15 is 0 Å². The van der Waals surface area contributed by atoms with E-state index in [0.29, 0.717) is 11.3 Å². The molecule has 0 aliphatic rings. The molecular weight excluding hydrogens is 192 g/mol. The highest BCUT2D eigenvalue weighted by Crippen LogP contribution is 2.15. The molecule has 0 saturated heterocycles. The van der Waals surface area contributed by atoms with E-state index in [1.165, 1.54) is 14.2 Å². The van der Waals surface area contributed by atoms with E-state index in [-0.39, 0.29) is 5.71 Å². The number of hydrogen-bond acceptors (Lipinski definition) is 4. The highest BCUT2D eigenvalue weighted by Gasteiger charge is 2.16. The number of esters is 1. The lowest BCUT2D eigenvalue weighted by Crippen LogP contribution is -2.18. The lowest BCUT2D eigenvalue weighted by Gasteiger charge is -2.07. The summed E-state index contributed by atoms with van der Waals surface area (Å²) in [5.41, 5.74) is 8.17. The van der Waals surface area contributed by atoms with Crippen LogP contribution < -0.4 is 5.73 Å². The standard InChI is InChI=1S/C11H14N2O2/c1-7-4-5-9(12)8(6-7)10(13-2)11(14)15-3/h4-6H,12H2,1-3H3. The maximum absolute atomic E-state index is 11.4. The highest BCUT2D eigenvalue weighted by molar-refractivity contribution is 6.44. The predicted molar refractivity (Wildman–Crippen MR) is 60.1 cm³/mol. The summed E-state index contributed by atoms with van der Waals surface area (Å²) in [4.78, 5) is 15.3. The van der Waals surface area contributed by atoms with Crippen LogP contribution in [0.1, 0.15) is 11.1 Å². The molecule has 0 amide bonds. The molecule has 0 spiro atoms. The third-order valence-electron chi connectivity index (χ3n) is 2.07. The smallest absolute Gasteiger partial charge is 0.356 e. The van der Waals surface area contributed by atoms with Crippen LogP contribution in [0.25, 0.3) is 0 Å². The van der Waals surface area contributed by atoms with Gasteiger partial charge in [0.25, 0.3) is 0 Å². The monoisotopic (exact) mass is 206 g/mol. The number of hydrogen-bond donors (Lipinski definition) is 1. The molecule has 0 aliphatic heterocycles. The van der Waals surface area contributed by atoms with Gasteiger partial charge in [-0.15, -0.1) is 0 Å². The van der Waals surface area contributed by atoms with Gasteiger partial charge in [-0.2, -0.15) is 0 Å². The predicted octanol–water partition coefficient (Wildman–Crippen LogP) is 1.17. The van der Waals surface area contributed by atoms with Crippen molar-refractivity contribution < 1.29 is 9.53 Å². The summed E-state index contributed by atoms with van der Waals surface area (Å²) >= 11 is 0. The van der Waals surface area contributed by atoms with Crippen LogP contribution in [-0.4, -0.2) is 25.8 Å².